The number of rotatable bonds is 8. The van der Waals surface area contributed by atoms with Crippen LogP contribution in [0.25, 0.3) is 0 Å². The summed E-state index contributed by atoms with van der Waals surface area (Å²) in [5.74, 6) is 0. The average Bonchev–Trinajstić information content (AvgIpc) is 2.66. The first-order chi connectivity index (χ1) is 8.21. The lowest BCUT2D eigenvalue weighted by Gasteiger charge is -2.21. The summed E-state index contributed by atoms with van der Waals surface area (Å²) in [7, 11) is 0. The molecule has 3 nitrogen and oxygen atoms in total. The molecular weight excluding hydrogens is 278 g/mol. The third-order valence-corrected chi connectivity index (χ3v) is 3.25. The Morgan fingerprint density at radius 2 is 2.12 bits per heavy atom. The van der Waals surface area contributed by atoms with Crippen molar-refractivity contribution in [2.75, 3.05) is 18.4 Å². The fourth-order valence-corrected chi connectivity index (χ4v) is 2.50. The third-order valence-electron chi connectivity index (χ3n) is 2.90. The van der Waals surface area contributed by atoms with Crippen LogP contribution in [0.1, 0.15) is 38.1 Å². The second-order valence-corrected chi connectivity index (χ2v) is 5.20. The predicted molar refractivity (Wildman–Crippen MR) is 76.6 cm³/mol. The smallest absolute Gasteiger partial charge is 0.0597 e. The first kappa shape index (κ1) is 14.7. The highest BCUT2D eigenvalue weighted by atomic mass is 79.9. The van der Waals surface area contributed by atoms with Gasteiger partial charge in [0, 0.05) is 25.0 Å². The van der Waals surface area contributed by atoms with Gasteiger partial charge in [0.2, 0.25) is 0 Å². The molecule has 0 aliphatic carbocycles. The molecule has 0 aliphatic rings. The normalized spacial score (nSPS) is 11.4. The molecule has 0 fully saturated rings. The third kappa shape index (κ3) is 4.80. The van der Waals surface area contributed by atoms with Crippen LogP contribution in [0.4, 0.5) is 0 Å². The number of halogens is 1. The predicted octanol–water partition coefficient (Wildman–Crippen LogP) is 3.21. The standard InChI is InChI=1S/C13H24BrN3/c1-4-6-8-16(9-7-14)11-13-10-12(3)15-17(13)5-2/h10H,4-9,11H2,1-3H3. The molecule has 0 radical (unpaired) electrons. The Hall–Kier alpha value is -0.350. The lowest BCUT2D eigenvalue weighted by atomic mass is 10.3. The summed E-state index contributed by atoms with van der Waals surface area (Å²) in [6.45, 7) is 10.7. The number of nitrogens with zero attached hydrogens (tertiary/aromatic N) is 3. The largest absolute Gasteiger partial charge is 0.297 e. The molecule has 0 spiro atoms. The fourth-order valence-electron chi connectivity index (χ4n) is 2.00. The minimum Gasteiger partial charge on any atom is -0.297 e. The van der Waals surface area contributed by atoms with Gasteiger partial charge in [0.05, 0.1) is 11.4 Å². The van der Waals surface area contributed by atoms with Crippen molar-refractivity contribution >= 4 is 15.9 Å². The zero-order valence-electron chi connectivity index (χ0n) is 11.2. The minimum absolute atomic E-state index is 0.957. The van der Waals surface area contributed by atoms with Crippen molar-refractivity contribution in [2.24, 2.45) is 0 Å². The van der Waals surface area contributed by atoms with Gasteiger partial charge in [-0.25, -0.2) is 0 Å². The van der Waals surface area contributed by atoms with Gasteiger partial charge in [0.15, 0.2) is 0 Å². The summed E-state index contributed by atoms with van der Waals surface area (Å²) in [5.41, 5.74) is 2.46. The zero-order chi connectivity index (χ0) is 12.7. The molecule has 0 amide bonds. The van der Waals surface area contributed by atoms with Crippen LogP contribution in [0.5, 0.6) is 0 Å². The monoisotopic (exact) mass is 301 g/mol. The quantitative estimate of drug-likeness (QED) is 0.688. The molecule has 0 aromatic carbocycles. The Morgan fingerprint density at radius 1 is 1.35 bits per heavy atom. The van der Waals surface area contributed by atoms with Crippen molar-refractivity contribution in [3.63, 3.8) is 0 Å². The average molecular weight is 302 g/mol. The zero-order valence-corrected chi connectivity index (χ0v) is 12.8. The maximum Gasteiger partial charge on any atom is 0.0597 e. The molecule has 98 valence electrons. The topological polar surface area (TPSA) is 21.1 Å². The molecule has 0 aliphatic heterocycles. The Labute approximate surface area is 113 Å². The molecule has 0 unspecified atom stereocenters. The second kappa shape index (κ2) is 7.88. The van der Waals surface area contributed by atoms with Crippen molar-refractivity contribution in [3.05, 3.63) is 17.5 Å². The number of alkyl halides is 1. The lowest BCUT2D eigenvalue weighted by molar-refractivity contribution is 0.269. The molecule has 1 heterocycles. The Balaban J connectivity index is 2.63. The second-order valence-electron chi connectivity index (χ2n) is 4.41. The molecule has 0 saturated carbocycles. The van der Waals surface area contributed by atoms with Gasteiger partial charge in [0.25, 0.3) is 0 Å². The Morgan fingerprint density at radius 3 is 2.71 bits per heavy atom. The number of hydrogen-bond donors (Lipinski definition) is 0. The van der Waals surface area contributed by atoms with E-state index in [2.05, 4.69) is 57.4 Å². The molecule has 0 N–H and O–H groups in total. The molecule has 1 aromatic heterocycles. The van der Waals surface area contributed by atoms with Crippen molar-refractivity contribution in [1.29, 1.82) is 0 Å². The van der Waals surface area contributed by atoms with Crippen molar-refractivity contribution in [3.8, 4) is 0 Å². The van der Waals surface area contributed by atoms with Crippen LogP contribution in [0.3, 0.4) is 0 Å². The van der Waals surface area contributed by atoms with Gasteiger partial charge >= 0.3 is 0 Å². The first-order valence-corrected chi connectivity index (χ1v) is 7.65. The SMILES string of the molecule is CCCCN(CCBr)Cc1cc(C)nn1CC. The van der Waals surface area contributed by atoms with E-state index in [1.807, 2.05) is 0 Å². The fraction of sp³-hybridized carbons (Fsp3) is 0.769. The van der Waals surface area contributed by atoms with E-state index in [4.69, 9.17) is 0 Å². The van der Waals surface area contributed by atoms with Crippen LogP contribution in [0.2, 0.25) is 0 Å². The van der Waals surface area contributed by atoms with E-state index in [0.29, 0.717) is 0 Å². The van der Waals surface area contributed by atoms with Gasteiger partial charge in [0.1, 0.15) is 0 Å². The van der Waals surface area contributed by atoms with E-state index in [9.17, 15) is 0 Å². The van der Waals surface area contributed by atoms with Gasteiger partial charge < -0.3 is 0 Å². The molecule has 1 rings (SSSR count). The summed E-state index contributed by atoms with van der Waals surface area (Å²) >= 11 is 3.53. The number of hydrogen-bond acceptors (Lipinski definition) is 2. The highest BCUT2D eigenvalue weighted by molar-refractivity contribution is 9.09. The summed E-state index contributed by atoms with van der Waals surface area (Å²) in [5, 5.41) is 5.54. The summed E-state index contributed by atoms with van der Waals surface area (Å²) in [6, 6.07) is 2.21. The van der Waals surface area contributed by atoms with Gasteiger partial charge in [-0.05, 0) is 32.9 Å². The van der Waals surface area contributed by atoms with E-state index in [-0.39, 0.29) is 0 Å². The Bertz CT molecular complexity index is 322. The van der Waals surface area contributed by atoms with E-state index in [0.717, 1.165) is 30.7 Å². The number of unbranched alkanes of at least 4 members (excludes halogenated alkanes) is 1. The van der Waals surface area contributed by atoms with E-state index < -0.39 is 0 Å². The van der Waals surface area contributed by atoms with Crippen molar-refractivity contribution in [1.82, 2.24) is 14.7 Å². The van der Waals surface area contributed by atoms with Gasteiger partial charge in [-0.15, -0.1) is 0 Å². The van der Waals surface area contributed by atoms with Crippen molar-refractivity contribution < 1.29 is 0 Å². The van der Waals surface area contributed by atoms with E-state index >= 15 is 0 Å². The van der Waals surface area contributed by atoms with Crippen LogP contribution in [0.15, 0.2) is 6.07 Å². The maximum absolute atomic E-state index is 4.50. The lowest BCUT2D eigenvalue weighted by Crippen LogP contribution is -2.27. The minimum atomic E-state index is 0.957. The van der Waals surface area contributed by atoms with Crippen molar-refractivity contribution in [2.45, 2.75) is 46.7 Å². The molecule has 17 heavy (non-hydrogen) atoms. The highest BCUT2D eigenvalue weighted by Crippen LogP contribution is 2.09. The number of aromatic nitrogens is 2. The molecule has 0 saturated heterocycles. The Kier molecular flexibility index (Phi) is 6.82. The summed E-state index contributed by atoms with van der Waals surface area (Å²) < 4.78 is 2.11. The molecular formula is C13H24BrN3. The first-order valence-electron chi connectivity index (χ1n) is 6.52. The van der Waals surface area contributed by atoms with Crippen LogP contribution in [-0.2, 0) is 13.1 Å². The van der Waals surface area contributed by atoms with Crippen LogP contribution in [-0.4, -0.2) is 33.1 Å². The van der Waals surface area contributed by atoms with Gasteiger partial charge in [-0.1, -0.05) is 29.3 Å². The van der Waals surface area contributed by atoms with Crippen LogP contribution < -0.4 is 0 Å². The molecule has 0 bridgehead atoms. The van der Waals surface area contributed by atoms with Gasteiger partial charge in [-0.2, -0.15) is 5.10 Å². The molecule has 4 heteroatoms. The summed E-state index contributed by atoms with van der Waals surface area (Å²) in [4.78, 5) is 2.50. The van der Waals surface area contributed by atoms with E-state index in [1.165, 1.54) is 25.1 Å². The van der Waals surface area contributed by atoms with Gasteiger partial charge in [-0.3, -0.25) is 9.58 Å². The summed E-state index contributed by atoms with van der Waals surface area (Å²) in [6.07, 6.45) is 2.52. The number of aryl methyl sites for hydroxylation is 2. The molecule has 1 aromatic rings. The van der Waals surface area contributed by atoms with E-state index in [1.54, 1.807) is 0 Å². The molecule has 0 atom stereocenters. The van der Waals surface area contributed by atoms with Crippen LogP contribution in [0, 0.1) is 6.92 Å². The highest BCUT2D eigenvalue weighted by Gasteiger charge is 2.09. The van der Waals surface area contributed by atoms with Crippen LogP contribution >= 0.6 is 15.9 Å². The maximum atomic E-state index is 4.50.